The molecule has 0 rings (SSSR count). The van der Waals surface area contributed by atoms with Crippen LogP contribution in [-0.4, -0.2) is 68.9 Å². The van der Waals surface area contributed by atoms with Crippen molar-refractivity contribution in [1.82, 2.24) is 0 Å². The van der Waals surface area contributed by atoms with Crippen LogP contribution in [0.4, 0.5) is 0 Å². The summed E-state index contributed by atoms with van der Waals surface area (Å²) < 4.78 is 0. The smallest absolute Gasteiger partial charge is 0.550 e. The van der Waals surface area contributed by atoms with Crippen molar-refractivity contribution in [2.75, 3.05) is 0 Å². The summed E-state index contributed by atoms with van der Waals surface area (Å²) in [6.45, 7) is 6.59. The number of rotatable bonds is 45. The molecule has 0 aromatic carbocycles. The van der Waals surface area contributed by atoms with Crippen molar-refractivity contribution in [2.45, 2.75) is 289 Å². The molecular weight excluding hydrogens is 820 g/mol. The van der Waals surface area contributed by atoms with Crippen LogP contribution in [0, 0.1) is 0 Å². The third-order valence-corrected chi connectivity index (χ3v) is 11.2. The van der Waals surface area contributed by atoms with Crippen LogP contribution in [0.15, 0.2) is 36.5 Å². The normalized spacial score (nSPS) is 12.7. The number of carbonyl (C=O) groups excluding carboxylic acids is 3. The van der Waals surface area contributed by atoms with Gasteiger partial charge in [-0.25, -0.2) is 0 Å². The predicted octanol–water partition coefficient (Wildman–Crippen LogP) is 10.9. The van der Waals surface area contributed by atoms with Crippen molar-refractivity contribution in [3.63, 3.8) is 0 Å². The largest absolute Gasteiger partial charge is 3.00 e. The maximum atomic E-state index is 10.2. The summed E-state index contributed by atoms with van der Waals surface area (Å²) in [7, 11) is 0. The first-order valence-corrected chi connectivity index (χ1v) is 26.1. The fourth-order valence-electron chi connectivity index (χ4n) is 7.07. The predicted molar refractivity (Wildman–Crippen MR) is 263 cm³/mol. The van der Waals surface area contributed by atoms with Crippen LogP contribution in [0.3, 0.4) is 0 Å². The van der Waals surface area contributed by atoms with Gasteiger partial charge < -0.3 is 45.0 Å². The van der Waals surface area contributed by atoms with Crippen LogP contribution in [0.25, 0.3) is 0 Å². The molecule has 0 amide bonds. The van der Waals surface area contributed by atoms with Gasteiger partial charge in [0.15, 0.2) is 0 Å². The molecule has 10 heteroatoms. The SMILES string of the molecule is CCCCCC[C@@H](O)C/C=C\CCCCCCCC(=O)[O-].CCCCCC[C@@H](O)C/C=C\CCCCCCCC(=O)[O-].CCCCCC[C@@H](O)C/C=C\CCCCCCCC(=O)[O-].[Al+3]. The second kappa shape index (κ2) is 59.1. The van der Waals surface area contributed by atoms with E-state index in [2.05, 4.69) is 57.2 Å². The molecule has 64 heavy (non-hydrogen) atoms. The van der Waals surface area contributed by atoms with Crippen LogP contribution < -0.4 is 15.3 Å². The summed E-state index contributed by atoms with van der Waals surface area (Å²) in [5.74, 6) is -2.82. The molecule has 9 nitrogen and oxygen atoms in total. The van der Waals surface area contributed by atoms with Gasteiger partial charge in [-0.05, 0) is 116 Å². The van der Waals surface area contributed by atoms with Crippen LogP contribution >= 0.6 is 0 Å². The second-order valence-corrected chi connectivity index (χ2v) is 17.7. The van der Waals surface area contributed by atoms with Crippen molar-refractivity contribution < 1.29 is 45.0 Å². The van der Waals surface area contributed by atoms with Gasteiger partial charge in [0.2, 0.25) is 0 Å². The average molecular weight is 919 g/mol. The molecule has 0 saturated heterocycles. The van der Waals surface area contributed by atoms with Crippen molar-refractivity contribution in [1.29, 1.82) is 0 Å². The number of unbranched alkanes of at least 4 members (excludes halogenated alkanes) is 24. The monoisotopic (exact) mass is 919 g/mol. The number of carbonyl (C=O) groups is 3. The summed E-state index contributed by atoms with van der Waals surface area (Å²) in [5, 5.41) is 60.0. The van der Waals surface area contributed by atoms with E-state index in [9.17, 15) is 45.0 Å². The minimum absolute atomic E-state index is 0. The van der Waals surface area contributed by atoms with E-state index < -0.39 is 17.9 Å². The number of carboxylic acids is 3. The van der Waals surface area contributed by atoms with Gasteiger partial charge in [0.25, 0.3) is 0 Å². The van der Waals surface area contributed by atoms with Crippen molar-refractivity contribution in [3.05, 3.63) is 36.5 Å². The first-order chi connectivity index (χ1) is 30.5. The van der Waals surface area contributed by atoms with Gasteiger partial charge in [-0.3, -0.25) is 0 Å². The van der Waals surface area contributed by atoms with Gasteiger partial charge in [0, 0.05) is 17.9 Å². The fraction of sp³-hybridized carbons (Fsp3) is 0.833. The van der Waals surface area contributed by atoms with E-state index in [4.69, 9.17) is 0 Å². The molecule has 0 aliphatic rings. The summed E-state index contributed by atoms with van der Waals surface area (Å²) in [6.07, 6.45) is 51.0. The summed E-state index contributed by atoms with van der Waals surface area (Å²) >= 11 is 0. The average Bonchev–Trinajstić information content (AvgIpc) is 3.24. The van der Waals surface area contributed by atoms with Crippen molar-refractivity contribution in [2.24, 2.45) is 0 Å². The number of hydrogen-bond acceptors (Lipinski definition) is 9. The summed E-state index contributed by atoms with van der Waals surface area (Å²) in [5.41, 5.74) is 0. The Hall–Kier alpha value is -1.96. The number of aliphatic hydroxyl groups is 3. The number of hydrogen-bond donors (Lipinski definition) is 3. The number of carboxylic acid groups (broad SMARTS) is 3. The van der Waals surface area contributed by atoms with E-state index in [1.807, 2.05) is 0 Å². The Morgan fingerprint density at radius 2 is 0.562 bits per heavy atom. The van der Waals surface area contributed by atoms with Crippen LogP contribution in [0.2, 0.25) is 0 Å². The molecular formula is C54H99AlO9. The standard InChI is InChI=1S/3C18H34O3.Al/c3*1-2-3-4-11-14-17(19)15-12-9-7-5-6-8-10-13-16-18(20)21;/h3*9,12,17,19H,2-8,10-11,13-16H2,1H3,(H,20,21);/q;;;+3/p-3/b3*12-9-;/t3*17-;/m111./s1. The van der Waals surface area contributed by atoms with E-state index in [1.54, 1.807) is 0 Å². The molecule has 0 aromatic rings. The molecule has 0 heterocycles. The number of aliphatic hydroxyl groups excluding tert-OH is 3. The molecule has 3 atom stereocenters. The van der Waals surface area contributed by atoms with E-state index in [0.717, 1.165) is 173 Å². The molecule has 0 unspecified atom stereocenters. The zero-order valence-electron chi connectivity index (χ0n) is 41.6. The Morgan fingerprint density at radius 1 is 0.344 bits per heavy atom. The van der Waals surface area contributed by atoms with Gasteiger partial charge in [-0.2, -0.15) is 0 Å². The number of aliphatic carboxylic acids is 3. The minimum atomic E-state index is -0.939. The Morgan fingerprint density at radius 3 is 0.797 bits per heavy atom. The Labute approximate surface area is 404 Å². The third kappa shape index (κ3) is 69.1. The van der Waals surface area contributed by atoms with E-state index in [0.29, 0.717) is 0 Å². The van der Waals surface area contributed by atoms with E-state index >= 15 is 0 Å². The molecule has 0 aliphatic carbocycles. The maximum Gasteiger partial charge on any atom is 3.00 e. The van der Waals surface area contributed by atoms with Gasteiger partial charge in [-0.1, -0.05) is 192 Å². The fourth-order valence-corrected chi connectivity index (χ4v) is 7.07. The zero-order chi connectivity index (χ0) is 47.3. The van der Waals surface area contributed by atoms with Crippen LogP contribution in [0.1, 0.15) is 271 Å². The maximum absolute atomic E-state index is 10.2. The van der Waals surface area contributed by atoms with Gasteiger partial charge in [0.1, 0.15) is 0 Å². The zero-order valence-corrected chi connectivity index (χ0v) is 42.8. The van der Waals surface area contributed by atoms with E-state index in [1.165, 1.54) is 57.8 Å². The van der Waals surface area contributed by atoms with Crippen LogP contribution in [-0.2, 0) is 14.4 Å². The Kier molecular flexibility index (Phi) is 63.3. The summed E-state index contributed by atoms with van der Waals surface area (Å²) in [4.78, 5) is 30.7. The van der Waals surface area contributed by atoms with Crippen molar-refractivity contribution in [3.8, 4) is 0 Å². The van der Waals surface area contributed by atoms with Gasteiger partial charge >= 0.3 is 17.4 Å². The van der Waals surface area contributed by atoms with Gasteiger partial charge in [-0.15, -0.1) is 0 Å². The molecule has 0 radical (unpaired) electrons. The van der Waals surface area contributed by atoms with Crippen molar-refractivity contribution >= 4 is 35.3 Å². The quantitative estimate of drug-likeness (QED) is 0.0304. The molecule has 0 fully saturated rings. The van der Waals surface area contributed by atoms with Crippen LogP contribution in [0.5, 0.6) is 0 Å². The molecule has 372 valence electrons. The Balaban J connectivity index is -0.000000419. The second-order valence-electron chi connectivity index (χ2n) is 17.7. The molecule has 0 aromatic heterocycles. The molecule has 0 bridgehead atoms. The third-order valence-electron chi connectivity index (χ3n) is 11.2. The molecule has 0 saturated carbocycles. The topological polar surface area (TPSA) is 181 Å². The minimum Gasteiger partial charge on any atom is -0.550 e. The summed E-state index contributed by atoms with van der Waals surface area (Å²) in [6, 6.07) is 0. The molecule has 0 aliphatic heterocycles. The van der Waals surface area contributed by atoms with E-state index in [-0.39, 0.29) is 54.9 Å². The molecule has 0 spiro atoms. The number of allylic oxidation sites excluding steroid dienone is 3. The van der Waals surface area contributed by atoms with Gasteiger partial charge in [0.05, 0.1) is 18.3 Å². The first-order valence-electron chi connectivity index (χ1n) is 26.1. The first kappa shape index (κ1) is 68.6. The molecule has 3 N–H and O–H groups in total. The Bertz CT molecular complexity index is 919.